The fourth-order valence-electron chi connectivity index (χ4n) is 1.49. The van der Waals surface area contributed by atoms with E-state index in [0.29, 0.717) is 0 Å². The van der Waals surface area contributed by atoms with Gasteiger partial charge in [0.2, 0.25) is 0 Å². The lowest BCUT2D eigenvalue weighted by Gasteiger charge is -2.21. The molecule has 14 heavy (non-hydrogen) atoms. The first-order valence-corrected chi connectivity index (χ1v) is 5.53. The highest BCUT2D eigenvalue weighted by molar-refractivity contribution is 7.10. The highest BCUT2D eigenvalue weighted by Crippen LogP contribution is 2.29. The molecule has 1 N–H and O–H groups in total. The predicted molar refractivity (Wildman–Crippen MR) is 58.8 cm³/mol. The Bertz CT molecular complexity index is 326. The number of rotatable bonds is 4. The van der Waals surface area contributed by atoms with E-state index in [0.717, 1.165) is 6.42 Å². The van der Waals surface area contributed by atoms with Crippen LogP contribution in [0.4, 0.5) is 0 Å². The van der Waals surface area contributed by atoms with Crippen LogP contribution in [0.5, 0.6) is 0 Å². The van der Waals surface area contributed by atoms with Gasteiger partial charge in [-0.15, -0.1) is 11.3 Å². The summed E-state index contributed by atoms with van der Waals surface area (Å²) in [4.78, 5) is 11.9. The van der Waals surface area contributed by atoms with Gasteiger partial charge in [0.15, 0.2) is 0 Å². The summed E-state index contributed by atoms with van der Waals surface area (Å²) in [5, 5.41) is 10.8. The molecule has 0 bridgehead atoms. The first-order valence-electron chi connectivity index (χ1n) is 4.65. The smallest absolute Gasteiger partial charge is 0.303 e. The van der Waals surface area contributed by atoms with E-state index in [1.807, 2.05) is 13.8 Å². The third-order valence-electron chi connectivity index (χ3n) is 2.24. The summed E-state index contributed by atoms with van der Waals surface area (Å²) in [6, 6.07) is 2.08. The van der Waals surface area contributed by atoms with Gasteiger partial charge >= 0.3 is 5.97 Å². The molecule has 0 aliphatic rings. The predicted octanol–water partition coefficient (Wildman–Crippen LogP) is 3.10. The van der Waals surface area contributed by atoms with Crippen LogP contribution in [-0.2, 0) is 11.2 Å². The maximum Gasteiger partial charge on any atom is 0.303 e. The molecular formula is C11H16O2S. The molecule has 0 aromatic carbocycles. The van der Waals surface area contributed by atoms with Crippen molar-refractivity contribution in [2.45, 2.75) is 33.6 Å². The number of carbonyl (C=O) groups is 1. The van der Waals surface area contributed by atoms with Crippen molar-refractivity contribution in [1.82, 2.24) is 0 Å². The summed E-state index contributed by atoms with van der Waals surface area (Å²) in [6.45, 7) is 6.07. The Hall–Kier alpha value is -0.830. The summed E-state index contributed by atoms with van der Waals surface area (Å²) in [5.74, 6) is -0.718. The SMILES string of the molecule is Cc1ccsc1CC(C)(C)CC(=O)O. The summed E-state index contributed by atoms with van der Waals surface area (Å²) in [6.07, 6.45) is 1.08. The molecule has 0 amide bonds. The number of carboxylic acids is 1. The summed E-state index contributed by atoms with van der Waals surface area (Å²) < 4.78 is 0. The van der Waals surface area contributed by atoms with Crippen molar-refractivity contribution in [3.8, 4) is 0 Å². The number of hydrogen-bond donors (Lipinski definition) is 1. The summed E-state index contributed by atoms with van der Waals surface area (Å²) in [7, 11) is 0. The van der Waals surface area contributed by atoms with Gasteiger partial charge in [0, 0.05) is 4.88 Å². The van der Waals surface area contributed by atoms with Gasteiger partial charge in [-0.25, -0.2) is 0 Å². The first kappa shape index (κ1) is 11.2. The lowest BCUT2D eigenvalue weighted by molar-refractivity contribution is -0.139. The van der Waals surface area contributed by atoms with E-state index >= 15 is 0 Å². The van der Waals surface area contributed by atoms with Crippen LogP contribution >= 0.6 is 11.3 Å². The van der Waals surface area contributed by atoms with Gasteiger partial charge in [-0.3, -0.25) is 4.79 Å². The van der Waals surface area contributed by atoms with Crippen LogP contribution in [0.15, 0.2) is 11.4 Å². The number of thiophene rings is 1. The van der Waals surface area contributed by atoms with E-state index in [2.05, 4.69) is 18.4 Å². The minimum atomic E-state index is -0.718. The third-order valence-corrected chi connectivity index (χ3v) is 3.26. The molecule has 1 aromatic heterocycles. The molecule has 2 nitrogen and oxygen atoms in total. The molecule has 3 heteroatoms. The molecule has 0 saturated carbocycles. The van der Waals surface area contributed by atoms with Gasteiger partial charge < -0.3 is 5.11 Å². The van der Waals surface area contributed by atoms with Crippen LogP contribution in [0.1, 0.15) is 30.7 Å². The zero-order valence-corrected chi connectivity index (χ0v) is 9.65. The Morgan fingerprint density at radius 2 is 2.21 bits per heavy atom. The van der Waals surface area contributed by atoms with Crippen molar-refractivity contribution in [3.05, 3.63) is 21.9 Å². The number of aliphatic carboxylic acids is 1. The van der Waals surface area contributed by atoms with Gasteiger partial charge in [-0.05, 0) is 35.8 Å². The van der Waals surface area contributed by atoms with Gasteiger partial charge in [-0.1, -0.05) is 13.8 Å². The molecule has 0 aliphatic carbocycles. The van der Waals surface area contributed by atoms with Crippen LogP contribution in [-0.4, -0.2) is 11.1 Å². The van der Waals surface area contributed by atoms with Crippen molar-refractivity contribution in [2.75, 3.05) is 0 Å². The zero-order chi connectivity index (χ0) is 10.8. The Morgan fingerprint density at radius 1 is 1.57 bits per heavy atom. The number of hydrogen-bond acceptors (Lipinski definition) is 2. The molecule has 0 spiro atoms. The second-order valence-corrected chi connectivity index (χ2v) is 5.44. The fraction of sp³-hybridized carbons (Fsp3) is 0.545. The van der Waals surface area contributed by atoms with Crippen LogP contribution in [0.25, 0.3) is 0 Å². The van der Waals surface area contributed by atoms with Crippen LogP contribution < -0.4 is 0 Å². The molecule has 1 heterocycles. The minimum Gasteiger partial charge on any atom is -0.481 e. The van der Waals surface area contributed by atoms with Crippen LogP contribution in [0.3, 0.4) is 0 Å². The van der Waals surface area contributed by atoms with Crippen molar-refractivity contribution >= 4 is 17.3 Å². The number of carboxylic acid groups (broad SMARTS) is 1. The topological polar surface area (TPSA) is 37.3 Å². The van der Waals surface area contributed by atoms with E-state index in [1.54, 1.807) is 11.3 Å². The molecule has 1 rings (SSSR count). The number of aryl methyl sites for hydroxylation is 1. The summed E-state index contributed by atoms with van der Waals surface area (Å²) >= 11 is 1.71. The maximum atomic E-state index is 10.6. The van der Waals surface area contributed by atoms with E-state index in [1.165, 1.54) is 10.4 Å². The molecule has 1 aromatic rings. The molecule has 0 fully saturated rings. The van der Waals surface area contributed by atoms with E-state index in [9.17, 15) is 4.79 Å². The van der Waals surface area contributed by atoms with Gasteiger partial charge in [0.1, 0.15) is 0 Å². The first-order chi connectivity index (χ1) is 6.41. The van der Waals surface area contributed by atoms with Crippen molar-refractivity contribution in [2.24, 2.45) is 5.41 Å². The van der Waals surface area contributed by atoms with Crippen molar-refractivity contribution in [3.63, 3.8) is 0 Å². The quantitative estimate of drug-likeness (QED) is 0.832. The average Bonchev–Trinajstić information content (AvgIpc) is 2.32. The van der Waals surface area contributed by atoms with E-state index in [-0.39, 0.29) is 11.8 Å². The molecule has 0 saturated heterocycles. The molecule has 0 atom stereocenters. The van der Waals surface area contributed by atoms with E-state index < -0.39 is 5.97 Å². The van der Waals surface area contributed by atoms with Gasteiger partial charge in [-0.2, -0.15) is 0 Å². The monoisotopic (exact) mass is 212 g/mol. The minimum absolute atomic E-state index is 0.151. The van der Waals surface area contributed by atoms with Crippen LogP contribution in [0, 0.1) is 12.3 Å². The molecule has 0 radical (unpaired) electrons. The standard InChI is InChI=1S/C11H16O2S/c1-8-4-5-14-9(8)6-11(2,3)7-10(12)13/h4-5H,6-7H2,1-3H3,(H,12,13). The van der Waals surface area contributed by atoms with Crippen molar-refractivity contribution < 1.29 is 9.90 Å². The van der Waals surface area contributed by atoms with Crippen LogP contribution in [0.2, 0.25) is 0 Å². The van der Waals surface area contributed by atoms with Crippen molar-refractivity contribution in [1.29, 1.82) is 0 Å². The van der Waals surface area contributed by atoms with Gasteiger partial charge in [0.05, 0.1) is 6.42 Å². The van der Waals surface area contributed by atoms with E-state index in [4.69, 9.17) is 5.11 Å². The Balaban J connectivity index is 2.68. The molecular weight excluding hydrogens is 196 g/mol. The molecule has 0 aliphatic heterocycles. The fourth-order valence-corrected chi connectivity index (χ4v) is 2.66. The second kappa shape index (κ2) is 4.13. The Kier molecular flexibility index (Phi) is 3.32. The van der Waals surface area contributed by atoms with Gasteiger partial charge in [0.25, 0.3) is 0 Å². The highest BCUT2D eigenvalue weighted by Gasteiger charge is 2.23. The lowest BCUT2D eigenvalue weighted by atomic mass is 9.84. The second-order valence-electron chi connectivity index (χ2n) is 4.44. The third kappa shape index (κ3) is 3.14. The molecule has 0 unspecified atom stereocenters. The normalized spacial score (nSPS) is 11.6. The summed E-state index contributed by atoms with van der Waals surface area (Å²) in [5.41, 5.74) is 1.12. The zero-order valence-electron chi connectivity index (χ0n) is 8.83. The largest absolute Gasteiger partial charge is 0.481 e. The Labute approximate surface area is 88.6 Å². The maximum absolute atomic E-state index is 10.6. The Morgan fingerprint density at radius 3 is 2.64 bits per heavy atom. The lowest BCUT2D eigenvalue weighted by Crippen LogP contribution is -2.19. The molecule has 78 valence electrons. The highest BCUT2D eigenvalue weighted by atomic mass is 32.1. The average molecular weight is 212 g/mol.